The standard InChI is InChI=1S/C13H12BrN3OS/c1-7-11-12(8-4-2-3-5-9(8)14)19-6-10(18)15-13(11)17-16-7/h2-5,12H,6H2,1H3,(H2,15,16,17,18)/t12-/m1/s1. The SMILES string of the molecule is Cc1[nH]nc2c1[C@@H](c1ccccc1Br)SCC(=O)N2. The molecule has 1 aliphatic rings. The fraction of sp³-hybridized carbons (Fsp3) is 0.231. The summed E-state index contributed by atoms with van der Waals surface area (Å²) in [6, 6.07) is 8.09. The van der Waals surface area contributed by atoms with Crippen LogP contribution in [0.4, 0.5) is 5.82 Å². The molecule has 6 heteroatoms. The zero-order valence-corrected chi connectivity index (χ0v) is 12.6. The van der Waals surface area contributed by atoms with Crippen molar-refractivity contribution in [2.75, 3.05) is 11.1 Å². The third-order valence-electron chi connectivity index (χ3n) is 3.08. The summed E-state index contributed by atoms with van der Waals surface area (Å²) in [5, 5.41) is 10.1. The van der Waals surface area contributed by atoms with Gasteiger partial charge in [0.15, 0.2) is 5.82 Å². The molecule has 2 N–H and O–H groups in total. The van der Waals surface area contributed by atoms with Crippen molar-refractivity contribution in [3.8, 4) is 0 Å². The highest BCUT2D eigenvalue weighted by atomic mass is 79.9. The molecule has 0 aliphatic carbocycles. The number of aromatic nitrogens is 2. The summed E-state index contributed by atoms with van der Waals surface area (Å²) in [5.74, 6) is 1.07. The zero-order chi connectivity index (χ0) is 13.4. The Morgan fingerprint density at radius 3 is 3.00 bits per heavy atom. The van der Waals surface area contributed by atoms with E-state index in [1.165, 1.54) is 0 Å². The van der Waals surface area contributed by atoms with E-state index < -0.39 is 0 Å². The number of benzene rings is 1. The van der Waals surface area contributed by atoms with Crippen LogP contribution in [-0.4, -0.2) is 21.9 Å². The maximum Gasteiger partial charge on any atom is 0.235 e. The van der Waals surface area contributed by atoms with E-state index in [1.54, 1.807) is 11.8 Å². The minimum atomic E-state index is -0.00713. The second-order valence-electron chi connectivity index (χ2n) is 4.37. The Morgan fingerprint density at radius 2 is 2.21 bits per heavy atom. The molecule has 4 nitrogen and oxygen atoms in total. The predicted molar refractivity (Wildman–Crippen MR) is 80.4 cm³/mol. The van der Waals surface area contributed by atoms with Crippen molar-refractivity contribution in [1.29, 1.82) is 0 Å². The van der Waals surface area contributed by atoms with E-state index in [2.05, 4.69) is 37.5 Å². The summed E-state index contributed by atoms with van der Waals surface area (Å²) in [5.41, 5.74) is 3.21. The summed E-state index contributed by atoms with van der Waals surface area (Å²) in [6.45, 7) is 1.98. The molecule has 0 saturated heterocycles. The van der Waals surface area contributed by atoms with Crippen LogP contribution >= 0.6 is 27.7 Å². The van der Waals surface area contributed by atoms with Crippen LogP contribution in [0.15, 0.2) is 28.7 Å². The van der Waals surface area contributed by atoms with Crippen LogP contribution in [-0.2, 0) is 4.79 Å². The molecule has 0 radical (unpaired) electrons. The molecule has 98 valence electrons. The number of fused-ring (bicyclic) bond motifs is 1. The third-order valence-corrected chi connectivity index (χ3v) is 5.06. The maximum atomic E-state index is 11.7. The lowest BCUT2D eigenvalue weighted by Crippen LogP contribution is -2.12. The van der Waals surface area contributed by atoms with Crippen molar-refractivity contribution in [2.24, 2.45) is 0 Å². The molecule has 1 aromatic heterocycles. The van der Waals surface area contributed by atoms with E-state index in [0.29, 0.717) is 11.6 Å². The topological polar surface area (TPSA) is 57.8 Å². The number of nitrogens with zero attached hydrogens (tertiary/aromatic N) is 1. The lowest BCUT2D eigenvalue weighted by molar-refractivity contribution is -0.113. The maximum absolute atomic E-state index is 11.7. The van der Waals surface area contributed by atoms with Gasteiger partial charge in [-0.25, -0.2) is 0 Å². The number of aromatic amines is 1. The summed E-state index contributed by atoms with van der Waals surface area (Å²) < 4.78 is 1.05. The summed E-state index contributed by atoms with van der Waals surface area (Å²) in [6.07, 6.45) is 0. The van der Waals surface area contributed by atoms with Crippen molar-refractivity contribution >= 4 is 39.4 Å². The number of H-pyrrole nitrogens is 1. The number of thioether (sulfide) groups is 1. The molecule has 1 amide bonds. The molecular weight excluding hydrogens is 326 g/mol. The number of halogens is 1. The van der Waals surface area contributed by atoms with Gasteiger partial charge in [0, 0.05) is 15.7 Å². The zero-order valence-electron chi connectivity index (χ0n) is 10.2. The molecule has 1 aliphatic heterocycles. The van der Waals surface area contributed by atoms with E-state index in [0.717, 1.165) is 21.3 Å². The molecule has 0 saturated carbocycles. The van der Waals surface area contributed by atoms with Gasteiger partial charge in [0.25, 0.3) is 0 Å². The first kappa shape index (κ1) is 12.7. The smallest absolute Gasteiger partial charge is 0.235 e. The van der Waals surface area contributed by atoms with Gasteiger partial charge < -0.3 is 5.32 Å². The number of carbonyl (C=O) groups is 1. The van der Waals surface area contributed by atoms with Gasteiger partial charge in [0.2, 0.25) is 5.91 Å². The first-order chi connectivity index (χ1) is 9.16. The Labute approximate surface area is 123 Å². The summed E-state index contributed by atoms with van der Waals surface area (Å²) in [4.78, 5) is 11.7. The Balaban J connectivity index is 2.14. The molecule has 1 atom stereocenters. The number of aryl methyl sites for hydroxylation is 1. The minimum Gasteiger partial charge on any atom is -0.308 e. The molecule has 0 fully saturated rings. The number of anilines is 1. The van der Waals surface area contributed by atoms with E-state index >= 15 is 0 Å². The first-order valence-corrected chi connectivity index (χ1v) is 7.71. The summed E-state index contributed by atoms with van der Waals surface area (Å²) in [7, 11) is 0. The van der Waals surface area contributed by atoms with E-state index in [4.69, 9.17) is 0 Å². The van der Waals surface area contributed by atoms with Crippen LogP contribution in [0.1, 0.15) is 22.1 Å². The molecule has 3 rings (SSSR count). The monoisotopic (exact) mass is 337 g/mol. The largest absolute Gasteiger partial charge is 0.308 e. The molecule has 2 heterocycles. The second kappa shape index (κ2) is 5.02. The molecule has 1 aromatic carbocycles. The highest BCUT2D eigenvalue weighted by Crippen LogP contribution is 2.44. The average Bonchev–Trinajstić information content (AvgIpc) is 2.65. The fourth-order valence-electron chi connectivity index (χ4n) is 2.20. The number of hydrogen-bond donors (Lipinski definition) is 2. The predicted octanol–water partition coefficient (Wildman–Crippen LogP) is 3.26. The van der Waals surface area contributed by atoms with Crippen LogP contribution in [0, 0.1) is 6.92 Å². The van der Waals surface area contributed by atoms with Crippen molar-refractivity contribution in [3.05, 3.63) is 45.6 Å². The van der Waals surface area contributed by atoms with E-state index in [1.807, 2.05) is 25.1 Å². The van der Waals surface area contributed by atoms with Crippen molar-refractivity contribution in [1.82, 2.24) is 10.2 Å². The molecule has 19 heavy (non-hydrogen) atoms. The van der Waals surface area contributed by atoms with Gasteiger partial charge in [-0.15, -0.1) is 11.8 Å². The van der Waals surface area contributed by atoms with Crippen LogP contribution in [0.5, 0.6) is 0 Å². The van der Waals surface area contributed by atoms with Crippen molar-refractivity contribution < 1.29 is 4.79 Å². The van der Waals surface area contributed by atoms with Crippen LogP contribution < -0.4 is 5.32 Å². The van der Waals surface area contributed by atoms with E-state index in [-0.39, 0.29) is 11.2 Å². The van der Waals surface area contributed by atoms with Crippen LogP contribution in [0.3, 0.4) is 0 Å². The fourth-order valence-corrected chi connectivity index (χ4v) is 4.09. The van der Waals surface area contributed by atoms with Crippen molar-refractivity contribution in [3.63, 3.8) is 0 Å². The Bertz CT molecular complexity index is 641. The molecule has 0 unspecified atom stereocenters. The number of rotatable bonds is 1. The van der Waals surface area contributed by atoms with Crippen molar-refractivity contribution in [2.45, 2.75) is 12.2 Å². The molecule has 0 spiro atoms. The van der Waals surface area contributed by atoms with Crippen LogP contribution in [0.25, 0.3) is 0 Å². The van der Waals surface area contributed by atoms with Gasteiger partial charge in [0.1, 0.15) is 0 Å². The number of hydrogen-bond acceptors (Lipinski definition) is 3. The van der Waals surface area contributed by atoms with Gasteiger partial charge in [0.05, 0.1) is 11.0 Å². The minimum absolute atomic E-state index is 0.00713. The molecule has 2 aromatic rings. The Kier molecular flexibility index (Phi) is 3.36. The van der Waals surface area contributed by atoms with E-state index in [9.17, 15) is 4.79 Å². The van der Waals surface area contributed by atoms with Gasteiger partial charge in [-0.3, -0.25) is 9.89 Å². The van der Waals surface area contributed by atoms with Gasteiger partial charge >= 0.3 is 0 Å². The number of amides is 1. The lowest BCUT2D eigenvalue weighted by Gasteiger charge is -2.16. The molecule has 0 bridgehead atoms. The first-order valence-electron chi connectivity index (χ1n) is 5.87. The Morgan fingerprint density at radius 1 is 1.42 bits per heavy atom. The highest BCUT2D eigenvalue weighted by Gasteiger charge is 2.28. The highest BCUT2D eigenvalue weighted by molar-refractivity contribution is 9.10. The normalized spacial score (nSPS) is 18.6. The van der Waals surface area contributed by atoms with Gasteiger partial charge in [-0.2, -0.15) is 5.10 Å². The third kappa shape index (κ3) is 2.30. The summed E-state index contributed by atoms with van der Waals surface area (Å²) >= 11 is 5.21. The Hall–Kier alpha value is -1.27. The second-order valence-corrected chi connectivity index (χ2v) is 6.32. The quantitative estimate of drug-likeness (QED) is 0.839. The molecular formula is C13H12BrN3OS. The average molecular weight is 338 g/mol. The van der Waals surface area contributed by atoms with Crippen LogP contribution in [0.2, 0.25) is 0 Å². The van der Waals surface area contributed by atoms with Gasteiger partial charge in [-0.05, 0) is 18.6 Å². The number of carbonyl (C=O) groups excluding carboxylic acids is 1. The number of nitrogens with one attached hydrogen (secondary N) is 2. The van der Waals surface area contributed by atoms with Gasteiger partial charge in [-0.1, -0.05) is 34.1 Å². The lowest BCUT2D eigenvalue weighted by atomic mass is 10.0.